The lowest BCUT2D eigenvalue weighted by atomic mass is 9.92. The lowest BCUT2D eigenvalue weighted by Gasteiger charge is -2.34. The van der Waals surface area contributed by atoms with Crippen LogP contribution in [-0.4, -0.2) is 30.7 Å². The number of benzene rings is 2. The van der Waals surface area contributed by atoms with E-state index in [0.29, 0.717) is 12.1 Å². The topological polar surface area (TPSA) is 55.8 Å². The van der Waals surface area contributed by atoms with Gasteiger partial charge in [0, 0.05) is 6.54 Å². The summed E-state index contributed by atoms with van der Waals surface area (Å²) in [6.45, 7) is 0.539. The molecule has 124 valence electrons. The van der Waals surface area contributed by atoms with E-state index in [1.807, 2.05) is 30.3 Å². The van der Waals surface area contributed by atoms with Gasteiger partial charge < -0.3 is 9.57 Å². The molecule has 0 fully saturated rings. The molecule has 0 spiro atoms. The zero-order valence-electron chi connectivity index (χ0n) is 13.5. The summed E-state index contributed by atoms with van der Waals surface area (Å²) in [5.41, 5.74) is 2.64. The summed E-state index contributed by atoms with van der Waals surface area (Å²) in [5, 5.41) is 1.59. The zero-order chi connectivity index (χ0) is 16.9. The number of methoxy groups -OCH3 is 1. The smallest absolute Gasteiger partial charge is 0.357 e. The third-order valence-electron chi connectivity index (χ3n) is 4.16. The van der Waals surface area contributed by atoms with E-state index in [1.165, 1.54) is 12.7 Å². The Morgan fingerprint density at radius 2 is 1.79 bits per heavy atom. The van der Waals surface area contributed by atoms with E-state index in [4.69, 9.17) is 9.57 Å². The predicted octanol–water partition coefficient (Wildman–Crippen LogP) is 2.92. The fraction of sp³-hybridized carbons (Fsp3) is 0.263. The van der Waals surface area contributed by atoms with Crippen molar-refractivity contribution in [3.05, 3.63) is 71.3 Å². The van der Waals surface area contributed by atoms with Crippen LogP contribution >= 0.6 is 0 Å². The summed E-state index contributed by atoms with van der Waals surface area (Å²) in [7, 11) is 1.36. The largest absolute Gasteiger partial charge is 0.469 e. The molecule has 5 nitrogen and oxygen atoms in total. The van der Waals surface area contributed by atoms with Gasteiger partial charge in [0.25, 0.3) is 0 Å². The van der Waals surface area contributed by atoms with E-state index in [-0.39, 0.29) is 18.4 Å². The van der Waals surface area contributed by atoms with Crippen LogP contribution in [0.2, 0.25) is 0 Å². The molecule has 0 aliphatic carbocycles. The molecule has 24 heavy (non-hydrogen) atoms. The minimum Gasteiger partial charge on any atom is -0.469 e. The van der Waals surface area contributed by atoms with Gasteiger partial charge in [0.1, 0.15) is 0 Å². The Labute approximate surface area is 140 Å². The maximum atomic E-state index is 12.3. The monoisotopic (exact) mass is 325 g/mol. The van der Waals surface area contributed by atoms with Gasteiger partial charge in [-0.05, 0) is 29.7 Å². The summed E-state index contributed by atoms with van der Waals surface area (Å²) in [5.74, 6) is -0.762. The van der Waals surface area contributed by atoms with Gasteiger partial charge in [-0.2, -0.15) is 0 Å². The first-order valence-electron chi connectivity index (χ1n) is 7.87. The highest BCUT2D eigenvalue weighted by Gasteiger charge is 2.32. The highest BCUT2D eigenvalue weighted by molar-refractivity contribution is 5.89. The standard InChI is InChI=1S/C19H19NO4/c1-23-18(21)13-17-16-10-6-5-7-14(16)11-12-20(17)24-19(22)15-8-3-2-4-9-15/h2-10,17H,11-13H2,1H3. The van der Waals surface area contributed by atoms with Crippen LogP contribution in [0.25, 0.3) is 0 Å². The first kappa shape index (κ1) is 16.2. The first-order valence-corrected chi connectivity index (χ1v) is 7.87. The molecule has 3 rings (SSSR count). The molecule has 1 atom stereocenters. The number of rotatable bonds is 4. The highest BCUT2D eigenvalue weighted by atomic mass is 16.7. The van der Waals surface area contributed by atoms with E-state index in [1.54, 1.807) is 29.3 Å². The fourth-order valence-electron chi connectivity index (χ4n) is 2.92. The molecule has 1 aliphatic rings. The fourth-order valence-corrected chi connectivity index (χ4v) is 2.92. The van der Waals surface area contributed by atoms with Gasteiger partial charge in [0.05, 0.1) is 25.1 Å². The van der Waals surface area contributed by atoms with Crippen LogP contribution in [0, 0.1) is 0 Å². The summed E-state index contributed by atoms with van der Waals surface area (Å²) in [6, 6.07) is 16.4. The molecular formula is C19H19NO4. The van der Waals surface area contributed by atoms with E-state index in [0.717, 1.165) is 12.0 Å². The summed E-state index contributed by atoms with van der Waals surface area (Å²) in [4.78, 5) is 29.7. The lowest BCUT2D eigenvalue weighted by molar-refractivity contribution is -0.161. The number of hydrogen-bond acceptors (Lipinski definition) is 5. The van der Waals surface area contributed by atoms with Crippen molar-refractivity contribution >= 4 is 11.9 Å². The van der Waals surface area contributed by atoms with Crippen molar-refractivity contribution in [3.63, 3.8) is 0 Å². The van der Waals surface area contributed by atoms with Crippen LogP contribution in [0.15, 0.2) is 54.6 Å². The Morgan fingerprint density at radius 3 is 2.54 bits per heavy atom. The van der Waals surface area contributed by atoms with Crippen LogP contribution in [0.1, 0.15) is 33.9 Å². The quantitative estimate of drug-likeness (QED) is 0.809. The molecule has 0 saturated carbocycles. The van der Waals surface area contributed by atoms with Gasteiger partial charge in [0.15, 0.2) is 0 Å². The molecule has 1 heterocycles. The van der Waals surface area contributed by atoms with Crippen LogP contribution in [0.4, 0.5) is 0 Å². The Hall–Kier alpha value is -2.66. The third-order valence-corrected chi connectivity index (χ3v) is 4.16. The Bertz CT molecular complexity index is 729. The number of esters is 1. The molecule has 0 bridgehead atoms. The number of ether oxygens (including phenoxy) is 1. The number of hydrogen-bond donors (Lipinski definition) is 0. The molecule has 1 unspecified atom stereocenters. The highest BCUT2D eigenvalue weighted by Crippen LogP contribution is 2.33. The first-order chi connectivity index (χ1) is 11.7. The van der Waals surface area contributed by atoms with Crippen molar-refractivity contribution < 1.29 is 19.2 Å². The SMILES string of the molecule is COC(=O)CC1c2ccccc2CCN1OC(=O)c1ccccc1. The summed E-state index contributed by atoms with van der Waals surface area (Å²) in [6.07, 6.45) is 0.894. The number of carbonyl (C=O) groups is 2. The second-order valence-electron chi connectivity index (χ2n) is 5.63. The molecule has 0 saturated heterocycles. The number of carbonyl (C=O) groups excluding carboxylic acids is 2. The summed E-state index contributed by atoms with van der Waals surface area (Å²) < 4.78 is 4.80. The van der Waals surface area contributed by atoms with Crippen LogP contribution < -0.4 is 0 Å². The Balaban J connectivity index is 1.83. The van der Waals surface area contributed by atoms with E-state index in [2.05, 4.69) is 0 Å². The molecule has 0 radical (unpaired) electrons. The molecule has 0 aromatic heterocycles. The van der Waals surface area contributed by atoms with Gasteiger partial charge >= 0.3 is 11.9 Å². The van der Waals surface area contributed by atoms with Crippen molar-refractivity contribution in [1.29, 1.82) is 0 Å². The second kappa shape index (κ2) is 7.27. The van der Waals surface area contributed by atoms with Crippen molar-refractivity contribution in [2.24, 2.45) is 0 Å². The normalized spacial score (nSPS) is 17.0. The van der Waals surface area contributed by atoms with Crippen molar-refractivity contribution in [3.8, 4) is 0 Å². The summed E-state index contributed by atoms with van der Waals surface area (Å²) >= 11 is 0. The molecular weight excluding hydrogens is 306 g/mol. The average molecular weight is 325 g/mol. The van der Waals surface area contributed by atoms with Gasteiger partial charge in [0.2, 0.25) is 0 Å². The van der Waals surface area contributed by atoms with Crippen molar-refractivity contribution in [1.82, 2.24) is 5.06 Å². The van der Waals surface area contributed by atoms with Crippen LogP contribution in [-0.2, 0) is 20.8 Å². The minimum absolute atomic E-state index is 0.135. The molecule has 2 aromatic rings. The second-order valence-corrected chi connectivity index (χ2v) is 5.63. The average Bonchev–Trinajstić information content (AvgIpc) is 2.64. The van der Waals surface area contributed by atoms with E-state index < -0.39 is 5.97 Å². The van der Waals surface area contributed by atoms with Crippen molar-refractivity contribution in [2.75, 3.05) is 13.7 Å². The predicted molar refractivity (Wildman–Crippen MR) is 88.1 cm³/mol. The lowest BCUT2D eigenvalue weighted by Crippen LogP contribution is -2.38. The Morgan fingerprint density at radius 1 is 1.08 bits per heavy atom. The number of nitrogens with zero attached hydrogens (tertiary/aromatic N) is 1. The van der Waals surface area contributed by atoms with Gasteiger partial charge in [-0.15, -0.1) is 5.06 Å². The van der Waals surface area contributed by atoms with Gasteiger partial charge in [-0.25, -0.2) is 4.79 Å². The minimum atomic E-state index is -0.426. The molecule has 5 heteroatoms. The van der Waals surface area contributed by atoms with Crippen LogP contribution in [0.3, 0.4) is 0 Å². The molecule has 0 N–H and O–H groups in total. The third kappa shape index (κ3) is 3.46. The number of fused-ring (bicyclic) bond motifs is 1. The zero-order valence-corrected chi connectivity index (χ0v) is 13.5. The maximum absolute atomic E-state index is 12.3. The van der Waals surface area contributed by atoms with Crippen LogP contribution in [0.5, 0.6) is 0 Å². The Kier molecular flexibility index (Phi) is 4.91. The van der Waals surface area contributed by atoms with E-state index in [9.17, 15) is 9.59 Å². The molecule has 2 aromatic carbocycles. The van der Waals surface area contributed by atoms with Gasteiger partial charge in [-0.3, -0.25) is 4.79 Å². The molecule has 1 aliphatic heterocycles. The van der Waals surface area contributed by atoms with Gasteiger partial charge in [-0.1, -0.05) is 42.5 Å². The molecule has 0 amide bonds. The van der Waals surface area contributed by atoms with Crippen molar-refractivity contribution in [2.45, 2.75) is 18.9 Å². The van der Waals surface area contributed by atoms with E-state index >= 15 is 0 Å². The maximum Gasteiger partial charge on any atom is 0.357 e. The number of hydroxylamine groups is 2.